The SMILES string of the molecule is Cc1ccc(-c2ccc(C(=O)OCC(=O)N(C)C3CCCCC3)cc2)cc1. The smallest absolute Gasteiger partial charge is 0.338 e. The Bertz CT molecular complexity index is 774. The highest BCUT2D eigenvalue weighted by molar-refractivity contribution is 5.91. The Labute approximate surface area is 161 Å². The first-order valence-electron chi connectivity index (χ1n) is 9.64. The molecule has 0 unspecified atom stereocenters. The van der Waals surface area contributed by atoms with Crippen LogP contribution in [0.4, 0.5) is 0 Å². The third-order valence-electron chi connectivity index (χ3n) is 5.35. The van der Waals surface area contributed by atoms with Gasteiger partial charge in [0.05, 0.1) is 5.56 Å². The number of likely N-dealkylation sites (N-methyl/N-ethyl adjacent to an activating group) is 1. The lowest BCUT2D eigenvalue weighted by atomic mass is 9.94. The molecule has 4 heteroatoms. The van der Waals surface area contributed by atoms with E-state index in [-0.39, 0.29) is 18.6 Å². The summed E-state index contributed by atoms with van der Waals surface area (Å²) in [7, 11) is 1.81. The molecule has 0 spiro atoms. The minimum Gasteiger partial charge on any atom is -0.452 e. The van der Waals surface area contributed by atoms with E-state index in [0.29, 0.717) is 5.56 Å². The second kappa shape index (κ2) is 8.85. The van der Waals surface area contributed by atoms with Crippen LogP contribution in [-0.2, 0) is 9.53 Å². The number of hydrogen-bond acceptors (Lipinski definition) is 3. The average molecular weight is 365 g/mol. The van der Waals surface area contributed by atoms with Crippen molar-refractivity contribution in [1.29, 1.82) is 0 Å². The molecule has 1 aliphatic rings. The molecule has 0 radical (unpaired) electrons. The number of aryl methyl sites for hydroxylation is 1. The van der Waals surface area contributed by atoms with Gasteiger partial charge in [0.15, 0.2) is 6.61 Å². The summed E-state index contributed by atoms with van der Waals surface area (Å²) in [4.78, 5) is 26.3. The van der Waals surface area contributed by atoms with Gasteiger partial charge in [0, 0.05) is 13.1 Å². The Morgan fingerprint density at radius 2 is 1.48 bits per heavy atom. The number of nitrogens with zero attached hydrogens (tertiary/aromatic N) is 1. The molecule has 0 heterocycles. The van der Waals surface area contributed by atoms with Crippen molar-refractivity contribution in [2.24, 2.45) is 0 Å². The number of benzene rings is 2. The van der Waals surface area contributed by atoms with Gasteiger partial charge in [-0.25, -0.2) is 4.79 Å². The molecule has 0 aliphatic heterocycles. The monoisotopic (exact) mass is 365 g/mol. The van der Waals surface area contributed by atoms with E-state index in [2.05, 4.69) is 31.2 Å². The van der Waals surface area contributed by atoms with Gasteiger partial charge in [0.25, 0.3) is 5.91 Å². The Morgan fingerprint density at radius 3 is 2.07 bits per heavy atom. The fourth-order valence-electron chi connectivity index (χ4n) is 3.53. The third-order valence-corrected chi connectivity index (χ3v) is 5.35. The first-order chi connectivity index (χ1) is 13.0. The quantitative estimate of drug-likeness (QED) is 0.727. The number of carbonyl (C=O) groups excluding carboxylic acids is 2. The molecule has 0 N–H and O–H groups in total. The highest BCUT2D eigenvalue weighted by atomic mass is 16.5. The van der Waals surface area contributed by atoms with Gasteiger partial charge in [-0.2, -0.15) is 0 Å². The molecule has 2 aromatic carbocycles. The van der Waals surface area contributed by atoms with E-state index in [9.17, 15) is 9.59 Å². The molecule has 27 heavy (non-hydrogen) atoms. The predicted molar refractivity (Wildman–Crippen MR) is 107 cm³/mol. The summed E-state index contributed by atoms with van der Waals surface area (Å²) < 4.78 is 5.23. The van der Waals surface area contributed by atoms with Crippen molar-refractivity contribution in [2.75, 3.05) is 13.7 Å². The number of hydrogen-bond donors (Lipinski definition) is 0. The molecular formula is C23H27NO3. The molecule has 4 nitrogen and oxygen atoms in total. The van der Waals surface area contributed by atoms with Gasteiger partial charge >= 0.3 is 5.97 Å². The van der Waals surface area contributed by atoms with Crippen LogP contribution in [-0.4, -0.2) is 36.5 Å². The maximum Gasteiger partial charge on any atom is 0.338 e. The molecular weight excluding hydrogens is 338 g/mol. The predicted octanol–water partition coefficient (Wildman–Crippen LogP) is 4.61. The minimum atomic E-state index is -0.462. The summed E-state index contributed by atoms with van der Waals surface area (Å²) in [5.74, 6) is -0.595. The van der Waals surface area contributed by atoms with Crippen molar-refractivity contribution in [2.45, 2.75) is 45.1 Å². The second-order valence-corrected chi connectivity index (χ2v) is 7.32. The molecule has 0 saturated heterocycles. The molecule has 0 aromatic heterocycles. The van der Waals surface area contributed by atoms with Crippen LogP contribution in [0.5, 0.6) is 0 Å². The zero-order chi connectivity index (χ0) is 19.2. The second-order valence-electron chi connectivity index (χ2n) is 7.32. The molecule has 142 valence electrons. The van der Waals surface area contributed by atoms with Gasteiger partial charge in [0.1, 0.15) is 0 Å². The number of esters is 1. The molecule has 1 saturated carbocycles. The zero-order valence-electron chi connectivity index (χ0n) is 16.1. The Morgan fingerprint density at radius 1 is 0.926 bits per heavy atom. The van der Waals surface area contributed by atoms with Crippen LogP contribution >= 0.6 is 0 Å². The molecule has 2 aromatic rings. The minimum absolute atomic E-state index is 0.133. The van der Waals surface area contributed by atoms with Crippen molar-refractivity contribution in [3.05, 3.63) is 59.7 Å². The van der Waals surface area contributed by atoms with Gasteiger partial charge in [0.2, 0.25) is 0 Å². The van der Waals surface area contributed by atoms with Crippen molar-refractivity contribution >= 4 is 11.9 Å². The van der Waals surface area contributed by atoms with Crippen LogP contribution in [0.25, 0.3) is 11.1 Å². The van der Waals surface area contributed by atoms with Crippen LogP contribution in [0.2, 0.25) is 0 Å². The Kier molecular flexibility index (Phi) is 6.28. The molecule has 1 amide bonds. The summed E-state index contributed by atoms with van der Waals surface area (Å²) in [6.07, 6.45) is 5.64. The van der Waals surface area contributed by atoms with Crippen molar-refractivity contribution in [1.82, 2.24) is 4.90 Å². The standard InChI is InChI=1S/C23H27NO3/c1-17-8-10-18(11-9-17)19-12-14-20(15-13-19)23(26)27-16-22(25)24(2)21-6-4-3-5-7-21/h8-15,21H,3-7,16H2,1-2H3. The molecule has 3 rings (SSSR count). The average Bonchev–Trinajstić information content (AvgIpc) is 2.72. The maximum atomic E-state index is 12.3. The molecule has 1 aliphatic carbocycles. The van der Waals surface area contributed by atoms with E-state index in [1.54, 1.807) is 17.0 Å². The molecule has 1 fully saturated rings. The van der Waals surface area contributed by atoms with Crippen molar-refractivity contribution in [3.8, 4) is 11.1 Å². The first kappa shape index (κ1) is 19.2. The van der Waals surface area contributed by atoms with Gasteiger partial charge < -0.3 is 9.64 Å². The van der Waals surface area contributed by atoms with Crippen LogP contribution in [0.3, 0.4) is 0 Å². The van der Waals surface area contributed by atoms with E-state index in [4.69, 9.17) is 4.74 Å². The van der Waals surface area contributed by atoms with E-state index < -0.39 is 5.97 Å². The lowest BCUT2D eigenvalue weighted by Crippen LogP contribution is -2.40. The summed E-state index contributed by atoms with van der Waals surface area (Å²) in [5.41, 5.74) is 3.81. The maximum absolute atomic E-state index is 12.3. The summed E-state index contributed by atoms with van der Waals surface area (Å²) in [5, 5.41) is 0. The van der Waals surface area contributed by atoms with E-state index in [1.165, 1.54) is 12.0 Å². The van der Waals surface area contributed by atoms with Crippen LogP contribution in [0, 0.1) is 6.92 Å². The normalized spacial score (nSPS) is 14.6. The number of rotatable bonds is 5. The molecule has 0 bridgehead atoms. The topological polar surface area (TPSA) is 46.6 Å². The van der Waals surface area contributed by atoms with Gasteiger partial charge in [-0.15, -0.1) is 0 Å². The van der Waals surface area contributed by atoms with Gasteiger partial charge in [-0.3, -0.25) is 4.79 Å². The molecule has 0 atom stereocenters. The summed E-state index contributed by atoms with van der Waals surface area (Å²) in [6.45, 7) is 1.85. The number of carbonyl (C=O) groups is 2. The first-order valence-corrected chi connectivity index (χ1v) is 9.64. The lowest BCUT2D eigenvalue weighted by molar-refractivity contribution is -0.135. The Balaban J connectivity index is 1.54. The highest BCUT2D eigenvalue weighted by Crippen LogP contribution is 2.22. The number of amides is 1. The van der Waals surface area contributed by atoms with Crippen molar-refractivity contribution in [3.63, 3.8) is 0 Å². The highest BCUT2D eigenvalue weighted by Gasteiger charge is 2.23. The van der Waals surface area contributed by atoms with Crippen LogP contribution in [0.1, 0.15) is 48.0 Å². The number of ether oxygens (including phenoxy) is 1. The summed E-state index contributed by atoms with van der Waals surface area (Å²) in [6, 6.07) is 15.8. The van der Waals surface area contributed by atoms with E-state index in [0.717, 1.165) is 36.8 Å². The zero-order valence-corrected chi connectivity index (χ0v) is 16.1. The van der Waals surface area contributed by atoms with Gasteiger partial charge in [-0.1, -0.05) is 61.2 Å². The van der Waals surface area contributed by atoms with E-state index >= 15 is 0 Å². The van der Waals surface area contributed by atoms with Crippen molar-refractivity contribution < 1.29 is 14.3 Å². The Hall–Kier alpha value is -2.62. The largest absolute Gasteiger partial charge is 0.452 e. The van der Waals surface area contributed by atoms with Gasteiger partial charge in [-0.05, 0) is 43.0 Å². The summed E-state index contributed by atoms with van der Waals surface area (Å²) >= 11 is 0. The third kappa shape index (κ3) is 4.97. The lowest BCUT2D eigenvalue weighted by Gasteiger charge is -2.31. The fraction of sp³-hybridized carbons (Fsp3) is 0.391. The van der Waals surface area contributed by atoms with Crippen LogP contribution < -0.4 is 0 Å². The van der Waals surface area contributed by atoms with Crippen LogP contribution in [0.15, 0.2) is 48.5 Å². The fourth-order valence-corrected chi connectivity index (χ4v) is 3.53. The van der Waals surface area contributed by atoms with E-state index in [1.807, 2.05) is 19.2 Å².